The number of H-pyrrole nitrogens is 1. The molecule has 1 fully saturated rings. The second kappa shape index (κ2) is 8.64. The van der Waals surface area contributed by atoms with Crippen molar-refractivity contribution in [2.75, 3.05) is 17.2 Å². The number of carbonyl (C=O) groups excluding carboxylic acids is 2. The molecule has 1 aliphatic rings. The molecule has 0 spiro atoms. The largest absolute Gasteiger partial charge is 0.368 e. The van der Waals surface area contributed by atoms with Crippen LogP contribution in [0.3, 0.4) is 0 Å². The molecule has 2 amide bonds. The Kier molecular flexibility index (Phi) is 5.39. The molecule has 7 nitrogen and oxygen atoms in total. The lowest BCUT2D eigenvalue weighted by Gasteiger charge is -2.12. The van der Waals surface area contributed by atoms with Gasteiger partial charge in [0, 0.05) is 23.4 Å². The van der Waals surface area contributed by atoms with Crippen LogP contribution < -0.4 is 10.6 Å². The van der Waals surface area contributed by atoms with Gasteiger partial charge < -0.3 is 20.4 Å². The number of aromatic nitrogens is 2. The summed E-state index contributed by atoms with van der Waals surface area (Å²) in [6, 6.07) is 22.2. The van der Waals surface area contributed by atoms with E-state index >= 15 is 0 Å². The molecule has 2 heterocycles. The van der Waals surface area contributed by atoms with E-state index in [2.05, 4.69) is 20.6 Å². The number of aromatic amines is 1. The van der Waals surface area contributed by atoms with Crippen molar-refractivity contribution in [3.63, 3.8) is 0 Å². The molecule has 3 aromatic carbocycles. The number of anilines is 2. The van der Waals surface area contributed by atoms with Gasteiger partial charge in [-0.15, -0.1) is 0 Å². The Morgan fingerprint density at radius 1 is 0.969 bits per heavy atom. The molecule has 0 unspecified atom stereocenters. The number of para-hydroxylation sites is 3. The summed E-state index contributed by atoms with van der Waals surface area (Å²) >= 11 is 0. The smallest absolute Gasteiger partial charge is 0.255 e. The van der Waals surface area contributed by atoms with Crippen LogP contribution in [0.4, 0.5) is 11.4 Å². The second-order valence-corrected chi connectivity index (χ2v) is 7.67. The predicted molar refractivity (Wildman–Crippen MR) is 124 cm³/mol. The summed E-state index contributed by atoms with van der Waals surface area (Å²) in [4.78, 5) is 33.2. The standard InChI is InChI=1S/C25H22N4O3/c30-24(16-7-5-8-17(15-16)26-25(31)22-13-6-14-32-22)29-19-10-2-1-9-18(19)23-27-20-11-3-4-12-21(20)28-23/h1-5,7-12,15,22H,6,13-14H2,(H,26,31)(H,27,28)(H,29,30)/t22-/m1/s1. The molecule has 1 saturated heterocycles. The van der Waals surface area contributed by atoms with Crippen molar-refractivity contribution < 1.29 is 14.3 Å². The maximum atomic E-state index is 13.0. The Morgan fingerprint density at radius 3 is 2.66 bits per heavy atom. The highest BCUT2D eigenvalue weighted by molar-refractivity contribution is 6.07. The zero-order valence-corrected chi connectivity index (χ0v) is 17.3. The zero-order valence-electron chi connectivity index (χ0n) is 17.3. The molecule has 0 saturated carbocycles. The van der Waals surface area contributed by atoms with Crippen molar-refractivity contribution in [3.05, 3.63) is 78.4 Å². The molecular weight excluding hydrogens is 404 g/mol. The lowest BCUT2D eigenvalue weighted by Crippen LogP contribution is -2.27. The highest BCUT2D eigenvalue weighted by atomic mass is 16.5. The Hall–Kier alpha value is -3.97. The second-order valence-electron chi connectivity index (χ2n) is 7.67. The SMILES string of the molecule is O=C(Nc1ccccc1-c1nc2ccccc2[nH]1)c1cccc(NC(=O)[C@H]2CCCO2)c1. The summed E-state index contributed by atoms with van der Waals surface area (Å²) in [6.45, 7) is 0.602. The van der Waals surface area contributed by atoms with Crippen molar-refractivity contribution in [2.45, 2.75) is 18.9 Å². The summed E-state index contributed by atoms with van der Waals surface area (Å²) < 4.78 is 5.42. The number of benzene rings is 3. The Balaban J connectivity index is 1.36. The van der Waals surface area contributed by atoms with E-state index < -0.39 is 6.10 Å². The van der Waals surface area contributed by atoms with Gasteiger partial charge in [-0.25, -0.2) is 4.98 Å². The summed E-state index contributed by atoms with van der Waals surface area (Å²) in [5, 5.41) is 5.81. The minimum absolute atomic E-state index is 0.185. The van der Waals surface area contributed by atoms with Crippen LogP contribution in [0.2, 0.25) is 0 Å². The number of nitrogens with zero attached hydrogens (tertiary/aromatic N) is 1. The molecule has 1 atom stereocenters. The average molecular weight is 426 g/mol. The van der Waals surface area contributed by atoms with Gasteiger partial charge in [0.2, 0.25) is 0 Å². The summed E-state index contributed by atoms with van der Waals surface area (Å²) in [5.74, 6) is 0.219. The molecule has 3 N–H and O–H groups in total. The fourth-order valence-electron chi connectivity index (χ4n) is 3.82. The fourth-order valence-corrected chi connectivity index (χ4v) is 3.82. The number of hydrogen-bond acceptors (Lipinski definition) is 4. The Labute approximate surface area is 184 Å². The van der Waals surface area contributed by atoms with Crippen LogP contribution >= 0.6 is 0 Å². The van der Waals surface area contributed by atoms with E-state index in [1.165, 1.54) is 0 Å². The van der Waals surface area contributed by atoms with Crippen molar-refractivity contribution in [1.82, 2.24) is 9.97 Å². The molecule has 7 heteroatoms. The normalized spacial score (nSPS) is 15.6. The van der Waals surface area contributed by atoms with Crippen LogP contribution in [0.25, 0.3) is 22.4 Å². The molecule has 1 aromatic heterocycles. The van der Waals surface area contributed by atoms with Crippen LogP contribution in [-0.2, 0) is 9.53 Å². The summed E-state index contributed by atoms with van der Waals surface area (Å²) in [5.41, 5.74) is 4.22. The highest BCUT2D eigenvalue weighted by Gasteiger charge is 2.23. The molecule has 0 aliphatic carbocycles. The van der Waals surface area contributed by atoms with Crippen LogP contribution in [0.1, 0.15) is 23.2 Å². The van der Waals surface area contributed by atoms with Crippen molar-refractivity contribution in [2.24, 2.45) is 0 Å². The van der Waals surface area contributed by atoms with E-state index in [9.17, 15) is 9.59 Å². The summed E-state index contributed by atoms with van der Waals surface area (Å²) in [6.07, 6.45) is 1.17. The summed E-state index contributed by atoms with van der Waals surface area (Å²) in [7, 11) is 0. The van der Waals surface area contributed by atoms with Gasteiger partial charge in [0.15, 0.2) is 0 Å². The first kappa shape index (κ1) is 20.0. The zero-order chi connectivity index (χ0) is 21.9. The van der Waals surface area contributed by atoms with Crippen LogP contribution in [-0.4, -0.2) is 34.5 Å². The van der Waals surface area contributed by atoms with Crippen LogP contribution in [0.5, 0.6) is 0 Å². The molecule has 32 heavy (non-hydrogen) atoms. The third-order valence-corrected chi connectivity index (χ3v) is 5.43. The van der Waals surface area contributed by atoms with E-state index in [0.29, 0.717) is 35.8 Å². The number of amides is 2. The van der Waals surface area contributed by atoms with Gasteiger partial charge >= 0.3 is 0 Å². The molecule has 4 aromatic rings. The molecule has 0 bridgehead atoms. The maximum Gasteiger partial charge on any atom is 0.255 e. The molecule has 1 aliphatic heterocycles. The van der Waals surface area contributed by atoms with E-state index in [1.807, 2.05) is 48.5 Å². The Bertz CT molecular complexity index is 1260. The average Bonchev–Trinajstić information content (AvgIpc) is 3.50. The van der Waals surface area contributed by atoms with Crippen molar-refractivity contribution in [3.8, 4) is 11.4 Å². The number of rotatable bonds is 5. The maximum absolute atomic E-state index is 13.0. The minimum atomic E-state index is -0.428. The van der Waals surface area contributed by atoms with Gasteiger partial charge in [-0.3, -0.25) is 9.59 Å². The van der Waals surface area contributed by atoms with Gasteiger partial charge in [-0.2, -0.15) is 0 Å². The molecule has 160 valence electrons. The van der Waals surface area contributed by atoms with Gasteiger partial charge in [0.05, 0.1) is 16.7 Å². The first-order valence-corrected chi connectivity index (χ1v) is 10.6. The third kappa shape index (κ3) is 4.10. The van der Waals surface area contributed by atoms with E-state index in [4.69, 9.17) is 4.74 Å². The first-order chi connectivity index (χ1) is 15.7. The highest BCUT2D eigenvalue weighted by Crippen LogP contribution is 2.28. The van der Waals surface area contributed by atoms with Gasteiger partial charge in [0.25, 0.3) is 11.8 Å². The lowest BCUT2D eigenvalue weighted by molar-refractivity contribution is -0.124. The third-order valence-electron chi connectivity index (χ3n) is 5.43. The van der Waals surface area contributed by atoms with Crippen LogP contribution in [0.15, 0.2) is 72.8 Å². The lowest BCUT2D eigenvalue weighted by atomic mass is 10.1. The topological polar surface area (TPSA) is 96.1 Å². The van der Waals surface area contributed by atoms with E-state index in [1.54, 1.807) is 24.3 Å². The quantitative estimate of drug-likeness (QED) is 0.435. The van der Waals surface area contributed by atoms with Gasteiger partial charge in [-0.05, 0) is 55.3 Å². The monoisotopic (exact) mass is 426 g/mol. The van der Waals surface area contributed by atoms with Crippen molar-refractivity contribution >= 4 is 34.2 Å². The molecular formula is C25H22N4O3. The Morgan fingerprint density at radius 2 is 1.81 bits per heavy atom. The van der Waals surface area contributed by atoms with Crippen molar-refractivity contribution in [1.29, 1.82) is 0 Å². The number of imidazole rings is 1. The minimum Gasteiger partial charge on any atom is -0.368 e. The number of carbonyl (C=O) groups is 2. The number of ether oxygens (including phenoxy) is 1. The first-order valence-electron chi connectivity index (χ1n) is 10.6. The number of fused-ring (bicyclic) bond motifs is 1. The molecule has 5 rings (SSSR count). The number of nitrogens with one attached hydrogen (secondary N) is 3. The predicted octanol–water partition coefficient (Wildman–Crippen LogP) is 4.60. The van der Waals surface area contributed by atoms with E-state index in [-0.39, 0.29) is 11.8 Å². The molecule has 0 radical (unpaired) electrons. The fraction of sp³-hybridized carbons (Fsp3) is 0.160. The van der Waals surface area contributed by atoms with Crippen LogP contribution in [0, 0.1) is 0 Å². The van der Waals surface area contributed by atoms with Gasteiger partial charge in [0.1, 0.15) is 11.9 Å². The van der Waals surface area contributed by atoms with E-state index in [0.717, 1.165) is 23.0 Å². The van der Waals surface area contributed by atoms with Gasteiger partial charge in [-0.1, -0.05) is 30.3 Å². The number of hydrogen-bond donors (Lipinski definition) is 3.